The molecule has 3 rings (SSSR count). The van der Waals surface area contributed by atoms with Crippen LogP contribution in [0.3, 0.4) is 0 Å². The molecule has 0 aliphatic heterocycles. The summed E-state index contributed by atoms with van der Waals surface area (Å²) in [5.74, 6) is 1.20. The van der Waals surface area contributed by atoms with Gasteiger partial charge in [0.05, 0.1) is 11.6 Å². The minimum atomic E-state index is -0.592. The largest absolute Gasteiger partial charge is 0.493 e. The minimum Gasteiger partial charge on any atom is -0.493 e. The first-order valence-corrected chi connectivity index (χ1v) is 10.1. The van der Waals surface area contributed by atoms with Crippen LogP contribution in [0.25, 0.3) is 6.08 Å². The van der Waals surface area contributed by atoms with E-state index >= 15 is 0 Å². The zero-order valence-corrected chi connectivity index (χ0v) is 18.8. The highest BCUT2D eigenvalue weighted by molar-refractivity contribution is 9.10. The molecule has 0 aliphatic rings. The normalized spacial score (nSPS) is 11.0. The molecule has 2 aromatic carbocycles. The van der Waals surface area contributed by atoms with Crippen LogP contribution in [0.15, 0.2) is 57.0 Å². The molecule has 0 fully saturated rings. The number of methoxy groups -OCH3 is 1. The van der Waals surface area contributed by atoms with E-state index in [-0.39, 0.29) is 11.4 Å². The Bertz CT molecular complexity index is 1180. The molecule has 8 heteroatoms. The van der Waals surface area contributed by atoms with Gasteiger partial charge in [0, 0.05) is 6.07 Å². The van der Waals surface area contributed by atoms with E-state index in [1.807, 2.05) is 37.3 Å². The molecule has 1 heterocycles. The van der Waals surface area contributed by atoms with Crippen LogP contribution in [-0.4, -0.2) is 18.2 Å². The summed E-state index contributed by atoms with van der Waals surface area (Å²) >= 11 is 3.50. The number of nitrogens with one attached hydrogen (secondary N) is 1. The lowest BCUT2D eigenvalue weighted by Gasteiger charge is -2.14. The summed E-state index contributed by atoms with van der Waals surface area (Å²) in [7, 11) is 1.53. The van der Waals surface area contributed by atoms with Crippen LogP contribution >= 0.6 is 15.9 Å². The van der Waals surface area contributed by atoms with Gasteiger partial charge in [-0.05, 0) is 64.7 Å². The predicted octanol–water partition coefficient (Wildman–Crippen LogP) is 5.19. The van der Waals surface area contributed by atoms with E-state index in [2.05, 4.69) is 26.4 Å². The zero-order chi connectivity index (χ0) is 22.4. The Morgan fingerprint density at radius 2 is 2.06 bits per heavy atom. The van der Waals surface area contributed by atoms with Crippen LogP contribution in [0.1, 0.15) is 22.5 Å². The number of hydrogen-bond donors (Lipinski definition) is 1. The average Bonchev–Trinajstić information content (AvgIpc) is 3.16. The quantitative estimate of drug-likeness (QED) is 0.368. The summed E-state index contributed by atoms with van der Waals surface area (Å²) in [5.41, 5.74) is 2.69. The van der Waals surface area contributed by atoms with Crippen LogP contribution in [0, 0.1) is 25.2 Å². The average molecular weight is 482 g/mol. The SMILES string of the molecule is COc1cc(C=C(C#N)C(=O)Nc2cc(C)on2)cc(Br)c1OCc1ccccc1C. The minimum absolute atomic E-state index is 0.0943. The number of benzene rings is 2. The fourth-order valence-corrected chi connectivity index (χ4v) is 3.38. The second-order valence-corrected chi connectivity index (χ2v) is 7.55. The summed E-state index contributed by atoms with van der Waals surface area (Å²) in [5, 5.41) is 15.7. The maximum absolute atomic E-state index is 12.4. The molecule has 7 nitrogen and oxygen atoms in total. The number of nitrogens with zero attached hydrogens (tertiary/aromatic N) is 2. The van der Waals surface area contributed by atoms with Gasteiger partial charge in [0.2, 0.25) is 0 Å². The van der Waals surface area contributed by atoms with Crippen LogP contribution in [0.2, 0.25) is 0 Å². The van der Waals surface area contributed by atoms with Crippen molar-refractivity contribution in [2.24, 2.45) is 0 Å². The number of anilines is 1. The Labute approximate surface area is 188 Å². The van der Waals surface area contributed by atoms with Crippen molar-refractivity contribution < 1.29 is 18.8 Å². The molecular formula is C23H20BrN3O4. The van der Waals surface area contributed by atoms with Crippen molar-refractivity contribution in [3.63, 3.8) is 0 Å². The van der Waals surface area contributed by atoms with Crippen molar-refractivity contribution >= 4 is 33.7 Å². The monoisotopic (exact) mass is 481 g/mol. The van der Waals surface area contributed by atoms with Crippen molar-refractivity contribution in [2.75, 3.05) is 12.4 Å². The third-order valence-corrected chi connectivity index (χ3v) is 5.02. The number of ether oxygens (including phenoxy) is 2. The lowest BCUT2D eigenvalue weighted by Crippen LogP contribution is -2.13. The molecule has 1 N–H and O–H groups in total. The van der Waals surface area contributed by atoms with Gasteiger partial charge < -0.3 is 19.3 Å². The molecule has 0 saturated carbocycles. The number of carbonyl (C=O) groups is 1. The Kier molecular flexibility index (Phi) is 7.11. The van der Waals surface area contributed by atoms with Crippen LogP contribution in [-0.2, 0) is 11.4 Å². The van der Waals surface area contributed by atoms with Gasteiger partial charge in [0.1, 0.15) is 24.0 Å². The molecule has 0 saturated heterocycles. The highest BCUT2D eigenvalue weighted by Gasteiger charge is 2.15. The van der Waals surface area contributed by atoms with Crippen molar-refractivity contribution in [2.45, 2.75) is 20.5 Å². The van der Waals surface area contributed by atoms with Gasteiger partial charge in [-0.25, -0.2) is 0 Å². The van der Waals surface area contributed by atoms with E-state index in [9.17, 15) is 10.1 Å². The van der Waals surface area contributed by atoms with Crippen LogP contribution in [0.4, 0.5) is 5.82 Å². The number of nitriles is 1. The first-order chi connectivity index (χ1) is 14.9. The molecule has 31 heavy (non-hydrogen) atoms. The van der Waals surface area contributed by atoms with E-state index in [1.165, 1.54) is 13.2 Å². The maximum atomic E-state index is 12.4. The molecule has 0 aliphatic carbocycles. The summed E-state index contributed by atoms with van der Waals surface area (Å²) in [6.07, 6.45) is 1.46. The molecule has 1 aromatic heterocycles. The van der Waals surface area contributed by atoms with E-state index in [4.69, 9.17) is 14.0 Å². The summed E-state index contributed by atoms with van der Waals surface area (Å²) < 4.78 is 17.0. The van der Waals surface area contributed by atoms with Crippen LogP contribution in [0.5, 0.6) is 11.5 Å². The van der Waals surface area contributed by atoms with Crippen molar-refractivity contribution in [1.29, 1.82) is 5.26 Å². The molecule has 158 valence electrons. The van der Waals surface area contributed by atoms with Gasteiger partial charge in [0.25, 0.3) is 5.91 Å². The second kappa shape index (κ2) is 9.96. The Hall–Kier alpha value is -3.57. The molecule has 0 atom stereocenters. The number of aromatic nitrogens is 1. The van der Waals surface area contributed by atoms with Crippen molar-refractivity contribution in [1.82, 2.24) is 5.16 Å². The van der Waals surface area contributed by atoms with Crippen LogP contribution < -0.4 is 14.8 Å². The van der Waals surface area contributed by atoms with Gasteiger partial charge in [-0.1, -0.05) is 29.4 Å². The fraction of sp³-hybridized carbons (Fsp3) is 0.174. The van der Waals surface area contributed by atoms with E-state index < -0.39 is 5.91 Å². The maximum Gasteiger partial charge on any atom is 0.267 e. The van der Waals surface area contributed by atoms with Crippen molar-refractivity contribution in [3.05, 3.63) is 75.0 Å². The second-order valence-electron chi connectivity index (χ2n) is 6.70. The number of aryl methyl sites for hydroxylation is 2. The lowest BCUT2D eigenvalue weighted by molar-refractivity contribution is -0.112. The number of amides is 1. The Balaban J connectivity index is 1.82. The first kappa shape index (κ1) is 22.1. The third kappa shape index (κ3) is 5.53. The van der Waals surface area contributed by atoms with Gasteiger partial charge in [-0.2, -0.15) is 5.26 Å². The molecule has 0 bridgehead atoms. The highest BCUT2D eigenvalue weighted by atomic mass is 79.9. The fourth-order valence-electron chi connectivity index (χ4n) is 2.81. The summed E-state index contributed by atoms with van der Waals surface area (Å²) in [6, 6.07) is 14.9. The summed E-state index contributed by atoms with van der Waals surface area (Å²) in [6.45, 7) is 4.10. The van der Waals surface area contributed by atoms with Gasteiger partial charge >= 0.3 is 0 Å². The Morgan fingerprint density at radius 3 is 2.71 bits per heavy atom. The molecule has 3 aromatic rings. The highest BCUT2D eigenvalue weighted by Crippen LogP contribution is 2.38. The number of rotatable bonds is 7. The van der Waals surface area contributed by atoms with Gasteiger partial charge in [-0.15, -0.1) is 0 Å². The lowest BCUT2D eigenvalue weighted by atomic mass is 10.1. The van der Waals surface area contributed by atoms with Gasteiger partial charge in [-0.3, -0.25) is 4.79 Å². The third-order valence-electron chi connectivity index (χ3n) is 4.43. The molecule has 0 unspecified atom stereocenters. The molecule has 1 amide bonds. The number of halogens is 1. The van der Waals surface area contributed by atoms with Crippen molar-refractivity contribution in [3.8, 4) is 17.6 Å². The van der Waals surface area contributed by atoms with E-state index in [1.54, 1.807) is 25.1 Å². The van der Waals surface area contributed by atoms with Gasteiger partial charge in [0.15, 0.2) is 17.3 Å². The standard InChI is InChI=1S/C23H20BrN3O4/c1-14-6-4-5-7-17(14)13-30-22-19(24)10-16(11-20(22)29-3)9-18(12-25)23(28)26-21-8-15(2)31-27-21/h4-11H,13H2,1-3H3,(H,26,27,28). The number of hydrogen-bond acceptors (Lipinski definition) is 6. The van der Waals surface area contributed by atoms with E-state index in [0.29, 0.717) is 33.9 Å². The predicted molar refractivity (Wildman–Crippen MR) is 120 cm³/mol. The first-order valence-electron chi connectivity index (χ1n) is 9.32. The topological polar surface area (TPSA) is 97.4 Å². The molecular weight excluding hydrogens is 462 g/mol. The Morgan fingerprint density at radius 1 is 1.29 bits per heavy atom. The zero-order valence-electron chi connectivity index (χ0n) is 17.2. The summed E-state index contributed by atoms with van der Waals surface area (Å²) in [4.78, 5) is 12.4. The molecule has 0 radical (unpaired) electrons. The smallest absolute Gasteiger partial charge is 0.267 e. The molecule has 0 spiro atoms. The van der Waals surface area contributed by atoms with E-state index in [0.717, 1.165) is 11.1 Å². The number of carbonyl (C=O) groups excluding carboxylic acids is 1.